The molecule has 274 valence electrons. The fourth-order valence-electron chi connectivity index (χ4n) is 11.1. The lowest BCUT2D eigenvalue weighted by Gasteiger charge is -2.18. The van der Waals surface area contributed by atoms with Crippen molar-refractivity contribution in [3.8, 4) is 44.5 Å². The first-order chi connectivity index (χ1) is 29.8. The number of rotatable bonds is 4. The molecule has 0 N–H and O–H groups in total. The average Bonchev–Trinajstić information content (AvgIpc) is 3.81. The Morgan fingerprint density at radius 2 is 0.617 bits per heavy atom. The topological polar surface area (TPSA) is 0 Å². The van der Waals surface area contributed by atoms with Crippen LogP contribution >= 0.6 is 0 Å². The van der Waals surface area contributed by atoms with Gasteiger partial charge in [0.15, 0.2) is 0 Å². The summed E-state index contributed by atoms with van der Waals surface area (Å²) in [7, 11) is 0. The van der Waals surface area contributed by atoms with Crippen molar-refractivity contribution in [2.24, 2.45) is 0 Å². The van der Waals surface area contributed by atoms with E-state index in [9.17, 15) is 0 Å². The molecule has 0 heteroatoms. The van der Waals surface area contributed by atoms with Crippen LogP contribution in [0.3, 0.4) is 0 Å². The second kappa shape index (κ2) is 11.9. The zero-order valence-electron chi connectivity index (χ0n) is 32.6. The lowest BCUT2D eigenvalue weighted by molar-refractivity contribution is 1.61. The van der Waals surface area contributed by atoms with Crippen molar-refractivity contribution < 1.29 is 0 Å². The predicted molar refractivity (Wildman–Crippen MR) is 259 cm³/mol. The molecule has 0 atom stereocenters. The summed E-state index contributed by atoms with van der Waals surface area (Å²) in [6.07, 6.45) is 0. The molecular weight excluding hydrogens is 721 g/mol. The molecular formula is C60H34. The highest BCUT2D eigenvalue weighted by molar-refractivity contribution is 6.46. The van der Waals surface area contributed by atoms with Crippen LogP contribution in [0, 0.1) is 0 Å². The van der Waals surface area contributed by atoms with Crippen molar-refractivity contribution in [2.75, 3.05) is 0 Å². The van der Waals surface area contributed by atoms with Crippen molar-refractivity contribution in [1.82, 2.24) is 0 Å². The second-order valence-corrected chi connectivity index (χ2v) is 16.7. The molecule has 0 heterocycles. The fraction of sp³-hybridized carbons (Fsp3) is 0. The Hall–Kier alpha value is -7.80. The molecule has 60 heavy (non-hydrogen) atoms. The highest BCUT2D eigenvalue weighted by atomic mass is 14.3. The quantitative estimate of drug-likeness (QED) is 0.157. The molecule has 0 aliphatic rings. The molecule has 0 radical (unpaired) electrons. The molecule has 0 amide bonds. The maximum Gasteiger partial charge on any atom is -0.000718 e. The molecule has 0 unspecified atom stereocenters. The molecule has 0 fully saturated rings. The van der Waals surface area contributed by atoms with Gasteiger partial charge in [-0.25, -0.2) is 0 Å². The van der Waals surface area contributed by atoms with Gasteiger partial charge in [0.2, 0.25) is 0 Å². The van der Waals surface area contributed by atoms with Gasteiger partial charge in [-0.3, -0.25) is 0 Å². The number of hydrogen-bond acceptors (Lipinski definition) is 0. The normalized spacial score (nSPS) is 12.3. The minimum Gasteiger partial charge on any atom is -0.0622 e. The molecule has 14 rings (SSSR count). The third-order valence-electron chi connectivity index (χ3n) is 13.6. The third kappa shape index (κ3) is 4.30. The van der Waals surface area contributed by atoms with E-state index in [1.54, 1.807) is 0 Å². The van der Waals surface area contributed by atoms with E-state index in [2.05, 4.69) is 206 Å². The van der Waals surface area contributed by atoms with E-state index in [0.717, 1.165) is 0 Å². The summed E-state index contributed by atoms with van der Waals surface area (Å²) in [5.74, 6) is 0. The number of hydrogen-bond donors (Lipinski definition) is 0. The van der Waals surface area contributed by atoms with Gasteiger partial charge in [0.1, 0.15) is 0 Å². The summed E-state index contributed by atoms with van der Waals surface area (Å²) in [4.78, 5) is 0. The Kier molecular flexibility index (Phi) is 6.38. The predicted octanol–water partition coefficient (Wildman–Crippen LogP) is 17.0. The van der Waals surface area contributed by atoms with Crippen molar-refractivity contribution in [3.63, 3.8) is 0 Å². The first kappa shape index (κ1) is 32.2. The molecule has 0 aliphatic carbocycles. The SMILES string of the molecule is c1ccc(-c2cccc(-c3c4cc5c(cc4c(-c4cccc(-c6ccccc6)c4)c4c6cc7cccc8ccc9ccc(c34)c6c9c87)c3cccc4cccc5c43)c2)cc1. The van der Waals surface area contributed by atoms with Gasteiger partial charge in [0.25, 0.3) is 0 Å². The standard InChI is InChI=1S/C60H34/c1-3-12-35(13-4-1)40-19-8-21-42(30-40)55-50-33-48-45-24-10-17-37-18-11-25-46(54(37)45)49(48)34-51(50)56(43-22-9-20-41(31-43)36-14-5-2-6-15-36)60-52-32-44-23-7-16-38-26-27-39-28-29-47(59(55)60)58(52)57(39)53(38)44/h1-34H. The van der Waals surface area contributed by atoms with E-state index in [0.29, 0.717) is 0 Å². The monoisotopic (exact) mass is 754 g/mol. The molecule has 14 aromatic carbocycles. The summed E-state index contributed by atoms with van der Waals surface area (Å²) in [5, 5.41) is 23.7. The van der Waals surface area contributed by atoms with Gasteiger partial charge in [-0.05, 0) is 172 Å². The smallest absolute Gasteiger partial charge is 0.000718 e. The summed E-state index contributed by atoms with van der Waals surface area (Å²) >= 11 is 0. The highest BCUT2D eigenvalue weighted by Gasteiger charge is 2.27. The van der Waals surface area contributed by atoms with Gasteiger partial charge in [-0.15, -0.1) is 0 Å². The van der Waals surface area contributed by atoms with Crippen LogP contribution in [0.5, 0.6) is 0 Å². The van der Waals surface area contributed by atoms with Crippen LogP contribution in [0.4, 0.5) is 0 Å². The molecule has 0 aliphatic heterocycles. The van der Waals surface area contributed by atoms with E-state index < -0.39 is 0 Å². The van der Waals surface area contributed by atoms with Gasteiger partial charge in [0.05, 0.1) is 0 Å². The van der Waals surface area contributed by atoms with E-state index >= 15 is 0 Å². The van der Waals surface area contributed by atoms with E-state index in [-0.39, 0.29) is 0 Å². The van der Waals surface area contributed by atoms with Crippen LogP contribution in [0.15, 0.2) is 206 Å². The van der Waals surface area contributed by atoms with Crippen LogP contribution in [-0.2, 0) is 0 Å². The van der Waals surface area contributed by atoms with E-state index in [1.165, 1.54) is 141 Å². The molecule has 0 nitrogen and oxygen atoms in total. The van der Waals surface area contributed by atoms with Gasteiger partial charge < -0.3 is 0 Å². The molecule has 14 aromatic rings. The maximum absolute atomic E-state index is 2.55. The average molecular weight is 755 g/mol. The Morgan fingerprint density at radius 1 is 0.167 bits per heavy atom. The summed E-state index contributed by atoms with van der Waals surface area (Å²) in [6.45, 7) is 0. The highest BCUT2D eigenvalue weighted by Crippen LogP contribution is 2.55. The van der Waals surface area contributed by atoms with Crippen LogP contribution in [0.2, 0.25) is 0 Å². The largest absolute Gasteiger partial charge is 0.0622 e. The summed E-state index contributed by atoms with van der Waals surface area (Å²) in [6, 6.07) is 77.6. The third-order valence-corrected chi connectivity index (χ3v) is 13.6. The zero-order valence-corrected chi connectivity index (χ0v) is 32.6. The van der Waals surface area contributed by atoms with Crippen LogP contribution in [0.25, 0.3) is 141 Å². The minimum atomic E-state index is 1.22. The van der Waals surface area contributed by atoms with Crippen molar-refractivity contribution in [1.29, 1.82) is 0 Å². The number of benzene rings is 12. The molecule has 0 saturated carbocycles. The zero-order chi connectivity index (χ0) is 39.1. The van der Waals surface area contributed by atoms with Gasteiger partial charge in [-0.1, -0.05) is 176 Å². The van der Waals surface area contributed by atoms with E-state index in [4.69, 9.17) is 0 Å². The fourth-order valence-corrected chi connectivity index (χ4v) is 11.1. The first-order valence-corrected chi connectivity index (χ1v) is 21.0. The molecule has 0 aromatic heterocycles. The van der Waals surface area contributed by atoms with Crippen LogP contribution in [0.1, 0.15) is 0 Å². The maximum atomic E-state index is 2.55. The Bertz CT molecular complexity index is 4020. The summed E-state index contributed by atoms with van der Waals surface area (Å²) in [5.41, 5.74) is 9.96. The van der Waals surface area contributed by atoms with Gasteiger partial charge >= 0.3 is 0 Å². The Labute approximate surface area is 346 Å². The molecule has 0 spiro atoms. The van der Waals surface area contributed by atoms with Crippen molar-refractivity contribution >= 4 is 97.0 Å². The number of fused-ring (bicyclic) bond motifs is 7. The minimum absolute atomic E-state index is 1.22. The van der Waals surface area contributed by atoms with Crippen LogP contribution in [-0.4, -0.2) is 0 Å². The first-order valence-electron chi connectivity index (χ1n) is 21.0. The molecule has 0 saturated heterocycles. The Balaban J connectivity index is 1.26. The van der Waals surface area contributed by atoms with Gasteiger partial charge in [0, 0.05) is 0 Å². The molecule has 0 bridgehead atoms. The van der Waals surface area contributed by atoms with Crippen molar-refractivity contribution in [3.05, 3.63) is 206 Å². The second-order valence-electron chi connectivity index (χ2n) is 16.7. The lowest BCUT2D eigenvalue weighted by atomic mass is 9.84. The van der Waals surface area contributed by atoms with E-state index in [1.807, 2.05) is 0 Å². The Morgan fingerprint density at radius 3 is 1.22 bits per heavy atom. The van der Waals surface area contributed by atoms with Crippen molar-refractivity contribution in [2.45, 2.75) is 0 Å². The van der Waals surface area contributed by atoms with Crippen LogP contribution < -0.4 is 0 Å². The summed E-state index contributed by atoms with van der Waals surface area (Å²) < 4.78 is 0. The lowest BCUT2D eigenvalue weighted by Crippen LogP contribution is -1.91. The van der Waals surface area contributed by atoms with Gasteiger partial charge in [-0.2, -0.15) is 0 Å².